The minimum atomic E-state index is 0.518. The normalized spacial score (nSPS) is 11.1. The molecule has 0 amide bonds. The second-order valence-electron chi connectivity index (χ2n) is 5.61. The second kappa shape index (κ2) is 5.92. The molecule has 19 heavy (non-hydrogen) atoms. The molecule has 0 aliphatic carbocycles. The van der Waals surface area contributed by atoms with E-state index < -0.39 is 0 Å². The Morgan fingerprint density at radius 2 is 1.21 bits per heavy atom. The molecule has 0 radical (unpaired) electrons. The zero-order valence-electron chi connectivity index (χ0n) is 12.3. The van der Waals surface area contributed by atoms with E-state index in [1.165, 1.54) is 16.8 Å². The first-order valence-corrected chi connectivity index (χ1v) is 7.04. The monoisotopic (exact) mass is 253 g/mol. The molecule has 0 heterocycles. The van der Waals surface area contributed by atoms with Crippen LogP contribution in [0.5, 0.6) is 0 Å². The minimum absolute atomic E-state index is 0.518. The van der Waals surface area contributed by atoms with E-state index in [0.717, 1.165) is 5.69 Å². The number of rotatable bonds is 4. The van der Waals surface area contributed by atoms with Gasteiger partial charge >= 0.3 is 0 Å². The van der Waals surface area contributed by atoms with Crippen molar-refractivity contribution in [3.63, 3.8) is 0 Å². The van der Waals surface area contributed by atoms with Crippen molar-refractivity contribution in [3.8, 4) is 0 Å². The fourth-order valence-corrected chi connectivity index (χ4v) is 2.36. The highest BCUT2D eigenvalue weighted by Gasteiger charge is 2.13. The van der Waals surface area contributed by atoms with Gasteiger partial charge in [-0.2, -0.15) is 0 Å². The van der Waals surface area contributed by atoms with Gasteiger partial charge in [-0.25, -0.2) is 0 Å². The van der Waals surface area contributed by atoms with Crippen LogP contribution >= 0.6 is 0 Å². The Bertz CT molecular complexity index is 500. The molecule has 0 fully saturated rings. The third-order valence-electron chi connectivity index (χ3n) is 3.42. The second-order valence-corrected chi connectivity index (χ2v) is 5.61. The van der Waals surface area contributed by atoms with Crippen molar-refractivity contribution < 1.29 is 0 Å². The predicted octanol–water partition coefficient (Wildman–Crippen LogP) is 5.68. The maximum Gasteiger partial charge on any atom is 0.0454 e. The summed E-state index contributed by atoms with van der Waals surface area (Å²) in [6.07, 6.45) is 0. The Labute approximate surface area is 116 Å². The van der Waals surface area contributed by atoms with Crippen molar-refractivity contribution in [1.82, 2.24) is 0 Å². The Balaban J connectivity index is 2.46. The van der Waals surface area contributed by atoms with Crippen molar-refractivity contribution in [1.29, 1.82) is 0 Å². The standard InChI is InChI=1S/C18H23N/c1-13(2)16-11-8-12-17(14(3)4)18(16)19-15-9-6-5-7-10-15/h5-14,19H,1-4H3. The first-order chi connectivity index (χ1) is 9.09. The lowest BCUT2D eigenvalue weighted by Crippen LogP contribution is -2.03. The molecule has 0 atom stereocenters. The Hall–Kier alpha value is -1.76. The number of nitrogens with one attached hydrogen (secondary N) is 1. The molecule has 2 aromatic rings. The van der Waals surface area contributed by atoms with Crippen LogP contribution in [0.1, 0.15) is 50.7 Å². The maximum absolute atomic E-state index is 3.60. The third kappa shape index (κ3) is 3.17. The number of anilines is 2. The fraction of sp³-hybridized carbons (Fsp3) is 0.333. The molecule has 0 bridgehead atoms. The van der Waals surface area contributed by atoms with E-state index in [0.29, 0.717) is 11.8 Å². The van der Waals surface area contributed by atoms with Crippen molar-refractivity contribution in [2.45, 2.75) is 39.5 Å². The van der Waals surface area contributed by atoms with Crippen LogP contribution in [0.4, 0.5) is 11.4 Å². The first kappa shape index (κ1) is 13.7. The van der Waals surface area contributed by atoms with Gasteiger partial charge in [0.25, 0.3) is 0 Å². The van der Waals surface area contributed by atoms with Gasteiger partial charge in [-0.15, -0.1) is 0 Å². The summed E-state index contributed by atoms with van der Waals surface area (Å²) >= 11 is 0. The van der Waals surface area contributed by atoms with E-state index in [2.05, 4.69) is 75.5 Å². The third-order valence-corrected chi connectivity index (χ3v) is 3.42. The van der Waals surface area contributed by atoms with E-state index in [4.69, 9.17) is 0 Å². The summed E-state index contributed by atoms with van der Waals surface area (Å²) in [4.78, 5) is 0. The molecule has 1 N–H and O–H groups in total. The van der Waals surface area contributed by atoms with Gasteiger partial charge in [-0.1, -0.05) is 64.1 Å². The van der Waals surface area contributed by atoms with Gasteiger partial charge in [-0.05, 0) is 35.1 Å². The first-order valence-electron chi connectivity index (χ1n) is 7.04. The molecule has 2 rings (SSSR count). The van der Waals surface area contributed by atoms with Gasteiger partial charge in [0.2, 0.25) is 0 Å². The lowest BCUT2D eigenvalue weighted by Gasteiger charge is -2.21. The number of hydrogen-bond acceptors (Lipinski definition) is 1. The number of hydrogen-bond donors (Lipinski definition) is 1. The topological polar surface area (TPSA) is 12.0 Å². The lowest BCUT2D eigenvalue weighted by molar-refractivity contribution is 0.838. The van der Waals surface area contributed by atoms with Crippen molar-refractivity contribution >= 4 is 11.4 Å². The van der Waals surface area contributed by atoms with Crippen LogP contribution in [0.2, 0.25) is 0 Å². The van der Waals surface area contributed by atoms with Crippen LogP contribution in [-0.2, 0) is 0 Å². The van der Waals surface area contributed by atoms with E-state index in [1.807, 2.05) is 6.07 Å². The molecular formula is C18H23N. The van der Waals surface area contributed by atoms with Gasteiger partial charge in [-0.3, -0.25) is 0 Å². The smallest absolute Gasteiger partial charge is 0.0454 e. The molecule has 100 valence electrons. The highest BCUT2D eigenvalue weighted by atomic mass is 14.9. The van der Waals surface area contributed by atoms with Gasteiger partial charge in [0.1, 0.15) is 0 Å². The number of benzene rings is 2. The molecule has 0 aliphatic heterocycles. The number of para-hydroxylation sites is 2. The van der Waals surface area contributed by atoms with E-state index in [-0.39, 0.29) is 0 Å². The molecule has 0 spiro atoms. The lowest BCUT2D eigenvalue weighted by atomic mass is 9.92. The summed E-state index contributed by atoms with van der Waals surface area (Å²) in [6.45, 7) is 8.98. The summed E-state index contributed by atoms with van der Waals surface area (Å²) in [5.41, 5.74) is 5.20. The zero-order chi connectivity index (χ0) is 13.8. The van der Waals surface area contributed by atoms with Crippen LogP contribution < -0.4 is 5.32 Å². The quantitative estimate of drug-likeness (QED) is 0.739. The molecular weight excluding hydrogens is 230 g/mol. The molecule has 0 saturated heterocycles. The van der Waals surface area contributed by atoms with Crippen LogP contribution in [-0.4, -0.2) is 0 Å². The highest BCUT2D eigenvalue weighted by Crippen LogP contribution is 2.34. The van der Waals surface area contributed by atoms with E-state index in [9.17, 15) is 0 Å². The molecule has 0 unspecified atom stereocenters. The van der Waals surface area contributed by atoms with Gasteiger partial charge in [0.15, 0.2) is 0 Å². The Morgan fingerprint density at radius 1 is 0.684 bits per heavy atom. The molecule has 2 aromatic carbocycles. The summed E-state index contributed by atoms with van der Waals surface area (Å²) in [6, 6.07) is 17.0. The fourth-order valence-electron chi connectivity index (χ4n) is 2.36. The van der Waals surface area contributed by atoms with Crippen molar-refractivity contribution in [3.05, 3.63) is 59.7 Å². The highest BCUT2D eigenvalue weighted by molar-refractivity contribution is 5.68. The predicted molar refractivity (Wildman–Crippen MR) is 84.3 cm³/mol. The zero-order valence-corrected chi connectivity index (χ0v) is 12.3. The van der Waals surface area contributed by atoms with Crippen molar-refractivity contribution in [2.24, 2.45) is 0 Å². The van der Waals surface area contributed by atoms with Gasteiger partial charge < -0.3 is 5.32 Å². The summed E-state index contributed by atoms with van der Waals surface area (Å²) in [5.74, 6) is 1.04. The van der Waals surface area contributed by atoms with Gasteiger partial charge in [0, 0.05) is 11.4 Å². The molecule has 0 aliphatic rings. The minimum Gasteiger partial charge on any atom is -0.355 e. The average Bonchev–Trinajstić information content (AvgIpc) is 2.39. The molecule has 1 nitrogen and oxygen atoms in total. The summed E-state index contributed by atoms with van der Waals surface area (Å²) in [7, 11) is 0. The molecule has 1 heteroatoms. The van der Waals surface area contributed by atoms with Crippen LogP contribution in [0.25, 0.3) is 0 Å². The van der Waals surface area contributed by atoms with Gasteiger partial charge in [0.05, 0.1) is 0 Å². The maximum atomic E-state index is 3.60. The summed E-state index contributed by atoms with van der Waals surface area (Å²) in [5, 5.41) is 3.60. The molecule has 0 saturated carbocycles. The van der Waals surface area contributed by atoms with E-state index in [1.54, 1.807) is 0 Å². The van der Waals surface area contributed by atoms with Crippen LogP contribution in [0.3, 0.4) is 0 Å². The van der Waals surface area contributed by atoms with E-state index >= 15 is 0 Å². The van der Waals surface area contributed by atoms with Crippen LogP contribution in [0, 0.1) is 0 Å². The SMILES string of the molecule is CC(C)c1cccc(C(C)C)c1Nc1ccccc1. The summed E-state index contributed by atoms with van der Waals surface area (Å²) < 4.78 is 0. The van der Waals surface area contributed by atoms with Crippen LogP contribution in [0.15, 0.2) is 48.5 Å². The largest absolute Gasteiger partial charge is 0.355 e. The Morgan fingerprint density at radius 3 is 1.68 bits per heavy atom. The Kier molecular flexibility index (Phi) is 4.26. The van der Waals surface area contributed by atoms with Crippen molar-refractivity contribution in [2.75, 3.05) is 5.32 Å². The molecule has 0 aromatic heterocycles. The average molecular weight is 253 g/mol.